The summed E-state index contributed by atoms with van der Waals surface area (Å²) in [5.74, 6) is -1.07. The largest absolute Gasteiger partial charge is 0.508 e. The van der Waals surface area contributed by atoms with E-state index in [0.717, 1.165) is 12.0 Å². The zero-order valence-corrected chi connectivity index (χ0v) is 19.2. The van der Waals surface area contributed by atoms with Crippen LogP contribution in [-0.2, 0) is 16.0 Å². The van der Waals surface area contributed by atoms with Gasteiger partial charge in [-0.15, -0.1) is 10.2 Å². The van der Waals surface area contributed by atoms with Gasteiger partial charge in [-0.05, 0) is 42.2 Å². The first kappa shape index (κ1) is 24.0. The van der Waals surface area contributed by atoms with E-state index in [9.17, 15) is 14.7 Å². The minimum Gasteiger partial charge on any atom is -0.508 e. The fourth-order valence-corrected chi connectivity index (χ4v) is 3.76. The normalized spacial score (nSPS) is 15.3. The Morgan fingerprint density at radius 2 is 2.00 bits per heavy atom. The number of hydrogen-bond acceptors (Lipinski definition) is 10. The summed E-state index contributed by atoms with van der Waals surface area (Å²) in [5.41, 5.74) is 1.89. The third-order valence-electron chi connectivity index (χ3n) is 5.58. The molecule has 1 atom stereocenters. The summed E-state index contributed by atoms with van der Waals surface area (Å²) in [5, 5.41) is 29.5. The molecular formula is C23H25N5O7. The molecule has 1 aliphatic rings. The average molecular weight is 483 g/mol. The lowest BCUT2D eigenvalue weighted by atomic mass is 10.0. The first-order chi connectivity index (χ1) is 16.9. The third kappa shape index (κ3) is 5.49. The van der Waals surface area contributed by atoms with Crippen molar-refractivity contribution in [3.05, 3.63) is 47.2 Å². The van der Waals surface area contributed by atoms with Gasteiger partial charge in [0.2, 0.25) is 0 Å². The molecule has 0 radical (unpaired) electrons. The Morgan fingerprint density at radius 1 is 1.23 bits per heavy atom. The van der Waals surface area contributed by atoms with Gasteiger partial charge in [-0.1, -0.05) is 12.1 Å². The van der Waals surface area contributed by atoms with Gasteiger partial charge in [0.25, 0.3) is 23.6 Å². The highest BCUT2D eigenvalue weighted by molar-refractivity contribution is 5.93. The van der Waals surface area contributed by atoms with Gasteiger partial charge in [-0.2, -0.15) is 4.98 Å². The fraction of sp³-hybridized carbons (Fsp3) is 0.348. The second-order valence-electron chi connectivity index (χ2n) is 7.95. The number of amides is 1. The molecule has 1 saturated heterocycles. The molecule has 3 N–H and O–H groups in total. The molecule has 1 aliphatic heterocycles. The minimum atomic E-state index is -1.08. The van der Waals surface area contributed by atoms with Crippen LogP contribution in [0.5, 0.6) is 11.6 Å². The first-order valence-corrected chi connectivity index (χ1v) is 10.8. The summed E-state index contributed by atoms with van der Waals surface area (Å²) in [6, 6.07) is 8.26. The number of carbonyl (C=O) groups is 2. The molecular weight excluding hydrogens is 458 g/mol. The van der Waals surface area contributed by atoms with E-state index in [1.165, 1.54) is 7.11 Å². The summed E-state index contributed by atoms with van der Waals surface area (Å²) in [6.07, 6.45) is 1.07. The van der Waals surface area contributed by atoms with Crippen molar-refractivity contribution in [2.75, 3.05) is 39.2 Å². The number of aromatic nitrogens is 3. The number of carboxylic acid groups (broad SMARTS) is 1. The molecule has 12 nitrogen and oxygen atoms in total. The van der Waals surface area contributed by atoms with Crippen molar-refractivity contribution in [1.29, 1.82) is 0 Å². The molecule has 1 amide bonds. The molecule has 184 valence electrons. The van der Waals surface area contributed by atoms with Crippen molar-refractivity contribution in [3.63, 3.8) is 0 Å². The summed E-state index contributed by atoms with van der Waals surface area (Å²) in [4.78, 5) is 29.9. The number of methoxy groups -OCH3 is 2. The lowest BCUT2D eigenvalue weighted by molar-refractivity contribution is -0.134. The van der Waals surface area contributed by atoms with Crippen LogP contribution in [0.3, 0.4) is 0 Å². The van der Waals surface area contributed by atoms with Crippen LogP contribution in [0.15, 0.2) is 34.7 Å². The Bertz CT molecular complexity index is 1210. The Kier molecular flexibility index (Phi) is 7.11. The monoisotopic (exact) mass is 483 g/mol. The highest BCUT2D eigenvalue weighted by Gasteiger charge is 2.29. The highest BCUT2D eigenvalue weighted by Crippen LogP contribution is 2.32. The number of phenols is 1. The molecule has 0 aliphatic carbocycles. The maximum Gasteiger partial charge on any atom is 0.322 e. The Morgan fingerprint density at radius 3 is 2.66 bits per heavy atom. The number of aliphatic carboxylic acids is 1. The van der Waals surface area contributed by atoms with E-state index in [1.807, 2.05) is 0 Å². The quantitative estimate of drug-likeness (QED) is 0.407. The van der Waals surface area contributed by atoms with Crippen molar-refractivity contribution >= 4 is 17.8 Å². The van der Waals surface area contributed by atoms with Crippen LogP contribution in [0.1, 0.15) is 28.0 Å². The maximum atomic E-state index is 13.1. The molecule has 0 bridgehead atoms. The van der Waals surface area contributed by atoms with Crippen LogP contribution in [0.25, 0.3) is 11.6 Å². The number of likely N-dealkylation sites (tertiary alicyclic amines) is 1. The molecule has 1 aromatic carbocycles. The molecule has 4 rings (SSSR count). The topological polar surface area (TPSA) is 160 Å². The number of phenolic OH excluding ortho intramolecular Hbond substituents is 1. The molecule has 35 heavy (non-hydrogen) atoms. The number of benzene rings is 1. The number of oxazole rings is 1. The number of rotatable bonds is 9. The Labute approximate surface area is 200 Å². The predicted octanol–water partition coefficient (Wildman–Crippen LogP) is 1.79. The van der Waals surface area contributed by atoms with E-state index >= 15 is 0 Å². The van der Waals surface area contributed by atoms with Crippen LogP contribution in [0.4, 0.5) is 5.88 Å². The van der Waals surface area contributed by atoms with Crippen LogP contribution < -0.4 is 10.1 Å². The summed E-state index contributed by atoms with van der Waals surface area (Å²) >= 11 is 0. The van der Waals surface area contributed by atoms with Gasteiger partial charge in [-0.25, -0.2) is 0 Å². The zero-order chi connectivity index (χ0) is 24.9. The second kappa shape index (κ2) is 10.4. The highest BCUT2D eigenvalue weighted by atomic mass is 16.5. The number of carboxylic acids is 1. The second-order valence-corrected chi connectivity index (χ2v) is 7.95. The van der Waals surface area contributed by atoms with Gasteiger partial charge in [0.05, 0.1) is 13.2 Å². The smallest absolute Gasteiger partial charge is 0.322 e. The summed E-state index contributed by atoms with van der Waals surface area (Å²) < 4.78 is 16.2. The molecule has 3 aromatic rings. The van der Waals surface area contributed by atoms with Crippen LogP contribution in [-0.4, -0.2) is 82.1 Å². The average Bonchev–Trinajstić information content (AvgIpc) is 3.50. The van der Waals surface area contributed by atoms with Gasteiger partial charge < -0.3 is 34.3 Å². The SMILES string of the molecule is COc1nc(-c2nnc(C(=O)N3CCC(OC)C3)cc2Cc2ccc(O)cc2)oc1NCC(=O)O. The van der Waals surface area contributed by atoms with Gasteiger partial charge in [-0.3, -0.25) is 9.59 Å². The lowest BCUT2D eigenvalue weighted by Crippen LogP contribution is -2.31. The maximum absolute atomic E-state index is 13.1. The minimum absolute atomic E-state index is 0.0147. The Balaban J connectivity index is 1.70. The number of nitrogens with zero attached hydrogens (tertiary/aromatic N) is 4. The van der Waals surface area contributed by atoms with E-state index < -0.39 is 12.5 Å². The number of nitrogens with one attached hydrogen (secondary N) is 1. The molecule has 12 heteroatoms. The fourth-order valence-electron chi connectivity index (χ4n) is 3.76. The van der Waals surface area contributed by atoms with Gasteiger partial charge in [0.15, 0.2) is 11.4 Å². The van der Waals surface area contributed by atoms with E-state index in [-0.39, 0.29) is 46.8 Å². The first-order valence-electron chi connectivity index (χ1n) is 10.8. The third-order valence-corrected chi connectivity index (χ3v) is 5.58. The van der Waals surface area contributed by atoms with Crippen molar-refractivity contribution in [2.24, 2.45) is 0 Å². The number of anilines is 1. The molecule has 1 unspecified atom stereocenters. The number of ether oxygens (including phenoxy) is 2. The van der Waals surface area contributed by atoms with E-state index in [4.69, 9.17) is 19.0 Å². The molecule has 1 fully saturated rings. The van der Waals surface area contributed by atoms with Gasteiger partial charge in [0.1, 0.15) is 12.3 Å². The standard InChI is InChI=1S/C23H25N5O7/c1-33-16-7-8-28(12-16)23(32)17-10-14(9-13-3-5-15(29)6-4-13)19(27-26-17)20-25-22(34-2)21(35-20)24-11-18(30)31/h3-6,10,16,24,29H,7-9,11-12H2,1-2H3,(H,30,31). The summed E-state index contributed by atoms with van der Waals surface area (Å²) in [6.45, 7) is 0.633. The summed E-state index contributed by atoms with van der Waals surface area (Å²) in [7, 11) is 2.99. The molecule has 2 aromatic heterocycles. The van der Waals surface area contributed by atoms with Crippen LogP contribution in [0, 0.1) is 0 Å². The van der Waals surface area contributed by atoms with Crippen molar-refractivity contribution in [2.45, 2.75) is 18.9 Å². The number of aromatic hydroxyl groups is 1. The molecule has 3 heterocycles. The van der Waals surface area contributed by atoms with Gasteiger partial charge >= 0.3 is 5.97 Å². The van der Waals surface area contributed by atoms with Crippen LogP contribution >= 0.6 is 0 Å². The lowest BCUT2D eigenvalue weighted by Gasteiger charge is -2.16. The number of carbonyl (C=O) groups excluding carboxylic acids is 1. The number of hydrogen-bond donors (Lipinski definition) is 3. The van der Waals surface area contributed by atoms with E-state index in [0.29, 0.717) is 25.1 Å². The van der Waals surface area contributed by atoms with E-state index in [2.05, 4.69) is 20.5 Å². The zero-order valence-electron chi connectivity index (χ0n) is 19.2. The van der Waals surface area contributed by atoms with Crippen molar-refractivity contribution in [3.8, 4) is 23.2 Å². The van der Waals surface area contributed by atoms with Crippen LogP contribution in [0.2, 0.25) is 0 Å². The molecule has 0 spiro atoms. The van der Waals surface area contributed by atoms with Gasteiger partial charge in [0, 0.05) is 20.2 Å². The predicted molar refractivity (Wildman–Crippen MR) is 122 cm³/mol. The van der Waals surface area contributed by atoms with Crippen molar-refractivity contribution < 1.29 is 33.7 Å². The van der Waals surface area contributed by atoms with Crippen molar-refractivity contribution in [1.82, 2.24) is 20.1 Å². The van der Waals surface area contributed by atoms with E-state index in [1.54, 1.807) is 42.3 Å². The Hall–Kier alpha value is -4.19. The molecule has 0 saturated carbocycles.